The van der Waals surface area contributed by atoms with E-state index in [2.05, 4.69) is 4.74 Å². The van der Waals surface area contributed by atoms with Crippen molar-refractivity contribution >= 4 is 34.6 Å². The standard InChI is InChI=1S/C10H9IO3/c1-14-10(13)5-3-7-2-4-9(12)8(11)6-7/h2-6,12H,1H3/b5-3+. The van der Waals surface area contributed by atoms with Crippen molar-refractivity contribution in [1.29, 1.82) is 0 Å². The number of hydrogen-bond donors (Lipinski definition) is 1. The van der Waals surface area contributed by atoms with Crippen molar-refractivity contribution in [2.45, 2.75) is 0 Å². The first-order chi connectivity index (χ1) is 6.63. The zero-order valence-corrected chi connectivity index (χ0v) is 9.69. The number of aromatic hydroxyl groups is 1. The van der Waals surface area contributed by atoms with E-state index < -0.39 is 5.97 Å². The van der Waals surface area contributed by atoms with Crippen molar-refractivity contribution in [3.8, 4) is 5.75 Å². The number of ether oxygens (including phenoxy) is 1. The van der Waals surface area contributed by atoms with Crippen LogP contribution in [0.1, 0.15) is 5.56 Å². The van der Waals surface area contributed by atoms with E-state index in [1.54, 1.807) is 24.3 Å². The minimum Gasteiger partial charge on any atom is -0.507 e. The van der Waals surface area contributed by atoms with Crippen molar-refractivity contribution < 1.29 is 14.6 Å². The monoisotopic (exact) mass is 304 g/mol. The lowest BCUT2D eigenvalue weighted by Crippen LogP contribution is -1.93. The summed E-state index contributed by atoms with van der Waals surface area (Å²) in [6.45, 7) is 0. The molecule has 1 rings (SSSR count). The quantitative estimate of drug-likeness (QED) is 0.517. The molecule has 0 unspecified atom stereocenters. The number of carbonyl (C=O) groups is 1. The minimum absolute atomic E-state index is 0.237. The first kappa shape index (κ1) is 11.0. The number of esters is 1. The second-order valence-corrected chi connectivity index (χ2v) is 3.73. The Balaban J connectivity index is 2.83. The van der Waals surface area contributed by atoms with Gasteiger partial charge < -0.3 is 9.84 Å². The van der Waals surface area contributed by atoms with E-state index >= 15 is 0 Å². The summed E-state index contributed by atoms with van der Waals surface area (Å²) in [5.74, 6) is -0.158. The van der Waals surface area contributed by atoms with E-state index in [-0.39, 0.29) is 5.75 Å². The molecular formula is C10H9IO3. The number of benzene rings is 1. The number of carbonyl (C=O) groups excluding carboxylic acids is 1. The predicted molar refractivity (Wildman–Crippen MR) is 61.9 cm³/mol. The molecule has 0 aliphatic rings. The van der Waals surface area contributed by atoms with Crippen molar-refractivity contribution in [1.82, 2.24) is 0 Å². The maximum absolute atomic E-state index is 10.8. The molecule has 1 aromatic carbocycles. The van der Waals surface area contributed by atoms with E-state index in [1.807, 2.05) is 22.6 Å². The second-order valence-electron chi connectivity index (χ2n) is 2.57. The maximum Gasteiger partial charge on any atom is 0.330 e. The van der Waals surface area contributed by atoms with Crippen molar-refractivity contribution in [3.63, 3.8) is 0 Å². The fourth-order valence-electron chi connectivity index (χ4n) is 0.859. The topological polar surface area (TPSA) is 46.5 Å². The molecule has 14 heavy (non-hydrogen) atoms. The van der Waals surface area contributed by atoms with E-state index in [0.29, 0.717) is 0 Å². The van der Waals surface area contributed by atoms with Crippen molar-refractivity contribution in [2.24, 2.45) is 0 Å². The third kappa shape index (κ3) is 3.02. The summed E-state index contributed by atoms with van der Waals surface area (Å²) in [7, 11) is 1.33. The highest BCUT2D eigenvalue weighted by Crippen LogP contribution is 2.20. The average Bonchev–Trinajstić information content (AvgIpc) is 2.19. The number of rotatable bonds is 2. The van der Waals surface area contributed by atoms with Crippen molar-refractivity contribution in [2.75, 3.05) is 7.11 Å². The van der Waals surface area contributed by atoms with Crippen LogP contribution in [0.5, 0.6) is 5.75 Å². The van der Waals surface area contributed by atoms with Gasteiger partial charge in [-0.15, -0.1) is 0 Å². The third-order valence-electron chi connectivity index (χ3n) is 1.58. The molecule has 0 fully saturated rings. The van der Waals surface area contributed by atoms with Crippen molar-refractivity contribution in [3.05, 3.63) is 33.4 Å². The van der Waals surface area contributed by atoms with Crippen LogP contribution in [-0.2, 0) is 9.53 Å². The van der Waals surface area contributed by atoms with E-state index in [1.165, 1.54) is 13.2 Å². The van der Waals surface area contributed by atoms with Crippen LogP contribution in [0.15, 0.2) is 24.3 Å². The van der Waals surface area contributed by atoms with Gasteiger partial charge in [0, 0.05) is 6.08 Å². The van der Waals surface area contributed by atoms with Crippen LogP contribution in [0.2, 0.25) is 0 Å². The molecule has 0 aliphatic carbocycles. The summed E-state index contributed by atoms with van der Waals surface area (Å²) in [5, 5.41) is 9.24. The van der Waals surface area contributed by atoms with Gasteiger partial charge in [-0.2, -0.15) is 0 Å². The lowest BCUT2D eigenvalue weighted by atomic mass is 10.2. The fourth-order valence-corrected chi connectivity index (χ4v) is 1.40. The SMILES string of the molecule is COC(=O)/C=C/c1ccc(O)c(I)c1. The second kappa shape index (κ2) is 4.99. The Bertz CT molecular complexity index is 372. The summed E-state index contributed by atoms with van der Waals surface area (Å²) >= 11 is 2.02. The summed E-state index contributed by atoms with van der Waals surface area (Å²) in [4.78, 5) is 10.8. The smallest absolute Gasteiger partial charge is 0.330 e. The number of hydrogen-bond acceptors (Lipinski definition) is 3. The molecule has 4 heteroatoms. The van der Waals surface area contributed by atoms with Gasteiger partial charge in [-0.1, -0.05) is 6.07 Å². The number of methoxy groups -OCH3 is 1. The van der Waals surface area contributed by atoms with Gasteiger partial charge in [0.2, 0.25) is 0 Å². The molecule has 1 N–H and O–H groups in total. The van der Waals surface area contributed by atoms with Crippen LogP contribution in [0.3, 0.4) is 0 Å². The number of halogens is 1. The lowest BCUT2D eigenvalue weighted by Gasteiger charge is -1.97. The van der Waals surface area contributed by atoms with Gasteiger partial charge in [0.05, 0.1) is 10.7 Å². The summed E-state index contributed by atoms with van der Waals surface area (Å²) in [6.07, 6.45) is 2.97. The summed E-state index contributed by atoms with van der Waals surface area (Å²) < 4.78 is 5.19. The number of phenolic OH excluding ortho intramolecular Hbond substituents is 1. The van der Waals surface area contributed by atoms with Gasteiger partial charge in [-0.25, -0.2) is 4.79 Å². The maximum atomic E-state index is 10.8. The largest absolute Gasteiger partial charge is 0.507 e. The van der Waals surface area contributed by atoms with Crippen LogP contribution >= 0.6 is 22.6 Å². The van der Waals surface area contributed by atoms with Gasteiger partial charge in [-0.05, 0) is 46.4 Å². The van der Waals surface area contributed by atoms with Gasteiger partial charge >= 0.3 is 5.97 Å². The Hall–Kier alpha value is -1.04. The Kier molecular flexibility index (Phi) is 3.94. The van der Waals surface area contributed by atoms with Gasteiger partial charge in [0.25, 0.3) is 0 Å². The molecule has 0 saturated carbocycles. The summed E-state index contributed by atoms with van der Waals surface area (Å²) in [5.41, 5.74) is 0.845. The first-order valence-electron chi connectivity index (χ1n) is 3.88. The molecule has 0 spiro atoms. The fraction of sp³-hybridized carbons (Fsp3) is 0.100. The average molecular weight is 304 g/mol. The molecule has 74 valence electrons. The Morgan fingerprint density at radius 2 is 2.29 bits per heavy atom. The van der Waals surface area contributed by atoms with Crippen LogP contribution in [-0.4, -0.2) is 18.2 Å². The van der Waals surface area contributed by atoms with E-state index in [0.717, 1.165) is 9.13 Å². The molecule has 0 heterocycles. The van der Waals surface area contributed by atoms with E-state index in [9.17, 15) is 9.90 Å². The van der Waals surface area contributed by atoms with Gasteiger partial charge in [-0.3, -0.25) is 0 Å². The molecule has 0 bridgehead atoms. The molecule has 3 nitrogen and oxygen atoms in total. The summed E-state index contributed by atoms with van der Waals surface area (Å²) in [6, 6.07) is 5.07. The Morgan fingerprint density at radius 3 is 2.86 bits per heavy atom. The van der Waals surface area contributed by atoms with E-state index in [4.69, 9.17) is 0 Å². The highest BCUT2D eigenvalue weighted by Gasteiger charge is 1.97. The Morgan fingerprint density at radius 1 is 1.57 bits per heavy atom. The Labute approximate surface area is 95.5 Å². The highest BCUT2D eigenvalue weighted by molar-refractivity contribution is 14.1. The normalized spacial score (nSPS) is 10.4. The first-order valence-corrected chi connectivity index (χ1v) is 4.96. The number of phenols is 1. The molecule has 1 aromatic rings. The molecule has 0 atom stereocenters. The predicted octanol–water partition coefficient (Wildman–Crippen LogP) is 2.18. The molecule has 0 aromatic heterocycles. The molecule has 0 radical (unpaired) electrons. The molecular weight excluding hydrogens is 295 g/mol. The van der Waals surface area contributed by atoms with Crippen LogP contribution in [0, 0.1) is 3.57 Å². The van der Waals surface area contributed by atoms with Crippen LogP contribution < -0.4 is 0 Å². The molecule has 0 saturated heterocycles. The van der Waals surface area contributed by atoms with Crippen LogP contribution in [0.25, 0.3) is 6.08 Å². The van der Waals surface area contributed by atoms with Gasteiger partial charge in [0.15, 0.2) is 0 Å². The molecule has 0 aliphatic heterocycles. The zero-order chi connectivity index (χ0) is 10.6. The van der Waals surface area contributed by atoms with Gasteiger partial charge in [0.1, 0.15) is 5.75 Å². The minimum atomic E-state index is -0.395. The highest BCUT2D eigenvalue weighted by atomic mass is 127. The lowest BCUT2D eigenvalue weighted by molar-refractivity contribution is -0.134. The zero-order valence-electron chi connectivity index (χ0n) is 7.53. The third-order valence-corrected chi connectivity index (χ3v) is 2.45. The molecule has 0 amide bonds. The van der Waals surface area contributed by atoms with Crippen LogP contribution in [0.4, 0.5) is 0 Å².